The van der Waals surface area contributed by atoms with Crippen molar-refractivity contribution in [2.45, 2.75) is 50.7 Å². The summed E-state index contributed by atoms with van der Waals surface area (Å²) in [5, 5.41) is 8.09. The molecule has 2 aliphatic rings. The number of thioether (sulfide) groups is 1. The largest absolute Gasteiger partial charge is 0.434 e. The highest BCUT2D eigenvalue weighted by Gasteiger charge is 2.40. The van der Waals surface area contributed by atoms with Gasteiger partial charge in [0.15, 0.2) is 11.7 Å². The fourth-order valence-corrected chi connectivity index (χ4v) is 5.76. The summed E-state index contributed by atoms with van der Waals surface area (Å²) in [6, 6.07) is 0. The first-order chi connectivity index (χ1) is 13.9. The molecule has 0 aromatic carbocycles. The van der Waals surface area contributed by atoms with E-state index in [-0.39, 0.29) is 5.54 Å². The average molecular weight is 450 g/mol. The molecule has 29 heavy (non-hydrogen) atoms. The molecule has 2 heterocycles. The number of guanidine groups is 1. The van der Waals surface area contributed by atoms with Gasteiger partial charge in [0.2, 0.25) is 0 Å². The smallest absolute Gasteiger partial charge is 0.357 e. The van der Waals surface area contributed by atoms with Gasteiger partial charge in [-0.3, -0.25) is 9.89 Å². The van der Waals surface area contributed by atoms with Crippen LogP contribution in [0.2, 0.25) is 0 Å². The second-order valence-corrected chi connectivity index (χ2v) is 9.69. The molecular formula is C19H30F3N5S2. The Morgan fingerprint density at radius 1 is 1.24 bits per heavy atom. The third-order valence-electron chi connectivity index (χ3n) is 5.57. The maximum absolute atomic E-state index is 12.7. The van der Waals surface area contributed by atoms with E-state index in [9.17, 15) is 13.2 Å². The summed E-state index contributed by atoms with van der Waals surface area (Å²) >= 11 is 3.08. The summed E-state index contributed by atoms with van der Waals surface area (Å²) in [6.07, 6.45) is 0.976. The van der Waals surface area contributed by atoms with E-state index in [0.717, 1.165) is 48.9 Å². The van der Waals surface area contributed by atoms with Crippen LogP contribution in [0, 0.1) is 0 Å². The minimum absolute atomic E-state index is 0.167. The van der Waals surface area contributed by atoms with Crippen LogP contribution in [0.5, 0.6) is 0 Å². The van der Waals surface area contributed by atoms with Gasteiger partial charge >= 0.3 is 6.18 Å². The van der Waals surface area contributed by atoms with Gasteiger partial charge in [0.1, 0.15) is 0 Å². The molecule has 1 saturated heterocycles. The molecule has 2 fully saturated rings. The summed E-state index contributed by atoms with van der Waals surface area (Å²) < 4.78 is 38.1. The Labute approximate surface area is 178 Å². The summed E-state index contributed by atoms with van der Waals surface area (Å²) in [7, 11) is 0. The Hall–Kier alpha value is -1.00. The van der Waals surface area contributed by atoms with Crippen molar-refractivity contribution < 1.29 is 13.2 Å². The third kappa shape index (κ3) is 6.24. The molecule has 1 aliphatic heterocycles. The Morgan fingerprint density at radius 3 is 2.59 bits per heavy atom. The number of rotatable bonds is 7. The zero-order valence-corrected chi connectivity index (χ0v) is 18.5. The molecule has 0 amide bonds. The van der Waals surface area contributed by atoms with Crippen molar-refractivity contribution in [3.63, 3.8) is 0 Å². The number of hydrogen-bond acceptors (Lipinski definition) is 5. The highest BCUT2D eigenvalue weighted by molar-refractivity contribution is 7.99. The number of halogens is 3. The fraction of sp³-hybridized carbons (Fsp3) is 0.789. The van der Waals surface area contributed by atoms with Gasteiger partial charge in [-0.25, -0.2) is 4.98 Å². The van der Waals surface area contributed by atoms with Crippen LogP contribution in [0.15, 0.2) is 10.4 Å². The minimum atomic E-state index is -4.37. The summed E-state index contributed by atoms with van der Waals surface area (Å²) in [4.78, 5) is 11.2. The van der Waals surface area contributed by atoms with Crippen LogP contribution >= 0.6 is 23.1 Å². The molecule has 0 radical (unpaired) electrons. The predicted molar refractivity (Wildman–Crippen MR) is 115 cm³/mol. The molecule has 1 aliphatic carbocycles. The Balaban J connectivity index is 1.56. The van der Waals surface area contributed by atoms with Crippen molar-refractivity contribution in [3.8, 4) is 0 Å². The van der Waals surface area contributed by atoms with E-state index in [2.05, 4.69) is 20.5 Å². The van der Waals surface area contributed by atoms with Gasteiger partial charge in [0.05, 0.1) is 11.6 Å². The number of aromatic nitrogens is 1. The minimum Gasteiger partial charge on any atom is -0.357 e. The molecule has 0 bridgehead atoms. The Morgan fingerprint density at radius 2 is 1.97 bits per heavy atom. The zero-order valence-electron chi connectivity index (χ0n) is 16.9. The standard InChI is InChI=1S/C19H30F3N5S2/c1-2-23-17(24-8-5-16-26-15(13-29-16)19(20,21)22)25-14-18(6-3-4-7-18)27-9-11-28-12-10-27/h13H,2-12,14H2,1H3,(H2,23,24,25). The van der Waals surface area contributed by atoms with E-state index in [1.165, 1.54) is 37.2 Å². The molecule has 1 aromatic heterocycles. The van der Waals surface area contributed by atoms with Crippen LogP contribution in [-0.4, -0.2) is 65.6 Å². The third-order valence-corrected chi connectivity index (χ3v) is 7.42. The topological polar surface area (TPSA) is 52.6 Å². The maximum atomic E-state index is 12.7. The van der Waals surface area contributed by atoms with Crippen molar-refractivity contribution >= 4 is 29.1 Å². The first-order valence-corrected chi connectivity index (χ1v) is 12.3. The lowest BCUT2D eigenvalue weighted by Gasteiger charge is -2.42. The monoisotopic (exact) mass is 449 g/mol. The van der Waals surface area contributed by atoms with Crippen LogP contribution in [0.1, 0.15) is 43.3 Å². The van der Waals surface area contributed by atoms with E-state index >= 15 is 0 Å². The number of nitrogens with one attached hydrogen (secondary N) is 2. The van der Waals surface area contributed by atoms with Crippen molar-refractivity contribution in [1.82, 2.24) is 20.5 Å². The lowest BCUT2D eigenvalue weighted by molar-refractivity contribution is -0.140. The van der Waals surface area contributed by atoms with E-state index in [0.29, 0.717) is 18.0 Å². The first-order valence-electron chi connectivity index (χ1n) is 10.3. The van der Waals surface area contributed by atoms with Crippen LogP contribution in [0.4, 0.5) is 13.2 Å². The van der Waals surface area contributed by atoms with Crippen LogP contribution in [-0.2, 0) is 12.6 Å². The Kier molecular flexibility index (Phi) is 8.09. The van der Waals surface area contributed by atoms with Gasteiger partial charge in [0, 0.05) is 55.0 Å². The molecule has 0 spiro atoms. The maximum Gasteiger partial charge on any atom is 0.434 e. The van der Waals surface area contributed by atoms with Crippen LogP contribution in [0.25, 0.3) is 0 Å². The second kappa shape index (κ2) is 10.3. The number of thiazole rings is 1. The number of nitrogens with zero attached hydrogens (tertiary/aromatic N) is 3. The van der Waals surface area contributed by atoms with E-state index in [4.69, 9.17) is 4.99 Å². The van der Waals surface area contributed by atoms with Crippen molar-refractivity contribution in [2.75, 3.05) is 44.2 Å². The van der Waals surface area contributed by atoms with Crippen molar-refractivity contribution in [2.24, 2.45) is 4.99 Å². The normalized spacial score (nSPS) is 20.8. The molecule has 2 N–H and O–H groups in total. The van der Waals surface area contributed by atoms with Gasteiger partial charge in [-0.15, -0.1) is 11.3 Å². The first kappa shape index (κ1) is 22.7. The van der Waals surface area contributed by atoms with E-state index in [1.807, 2.05) is 18.7 Å². The lowest BCUT2D eigenvalue weighted by atomic mass is 9.95. The van der Waals surface area contributed by atoms with Gasteiger partial charge in [-0.05, 0) is 19.8 Å². The van der Waals surface area contributed by atoms with Crippen molar-refractivity contribution in [3.05, 3.63) is 16.1 Å². The van der Waals surface area contributed by atoms with Gasteiger partial charge in [-0.1, -0.05) is 12.8 Å². The molecule has 1 aromatic rings. The van der Waals surface area contributed by atoms with Gasteiger partial charge < -0.3 is 10.6 Å². The number of aliphatic imine (C=N–C) groups is 1. The molecule has 0 atom stereocenters. The van der Waals surface area contributed by atoms with Crippen LogP contribution < -0.4 is 10.6 Å². The van der Waals surface area contributed by atoms with Crippen LogP contribution in [0.3, 0.4) is 0 Å². The molecule has 5 nitrogen and oxygen atoms in total. The molecule has 3 rings (SSSR count). The van der Waals surface area contributed by atoms with E-state index in [1.54, 1.807) is 0 Å². The molecule has 1 saturated carbocycles. The number of hydrogen-bond donors (Lipinski definition) is 2. The van der Waals surface area contributed by atoms with Crippen molar-refractivity contribution in [1.29, 1.82) is 0 Å². The SMILES string of the molecule is CCNC(=NCC1(N2CCSCC2)CCCC1)NCCc1nc(C(F)(F)F)cs1. The fourth-order valence-electron chi connectivity index (χ4n) is 4.06. The summed E-state index contributed by atoms with van der Waals surface area (Å²) in [5.41, 5.74) is -0.638. The molecule has 164 valence electrons. The summed E-state index contributed by atoms with van der Waals surface area (Å²) in [5.74, 6) is 3.12. The van der Waals surface area contributed by atoms with Gasteiger partial charge in [-0.2, -0.15) is 24.9 Å². The second-order valence-electron chi connectivity index (χ2n) is 7.53. The average Bonchev–Trinajstić information content (AvgIpc) is 3.37. The highest BCUT2D eigenvalue weighted by atomic mass is 32.2. The zero-order chi connectivity index (χ0) is 20.7. The molecular weight excluding hydrogens is 419 g/mol. The quantitative estimate of drug-likeness (QED) is 0.492. The molecule has 10 heteroatoms. The summed E-state index contributed by atoms with van der Waals surface area (Å²) in [6.45, 7) is 6.30. The predicted octanol–water partition coefficient (Wildman–Crippen LogP) is 3.62. The Bertz CT molecular complexity index is 665. The number of alkyl halides is 3. The lowest BCUT2D eigenvalue weighted by Crippen LogP contribution is -2.53. The molecule has 0 unspecified atom stereocenters. The highest BCUT2D eigenvalue weighted by Crippen LogP contribution is 2.37. The van der Waals surface area contributed by atoms with E-state index < -0.39 is 11.9 Å². The van der Waals surface area contributed by atoms with Gasteiger partial charge in [0.25, 0.3) is 0 Å².